The van der Waals surface area contributed by atoms with Crippen LogP contribution in [0.5, 0.6) is 11.5 Å². The summed E-state index contributed by atoms with van der Waals surface area (Å²) in [6.45, 7) is 5.66. The Morgan fingerprint density at radius 2 is 2.15 bits per heavy atom. The molecule has 1 saturated carbocycles. The van der Waals surface area contributed by atoms with Gasteiger partial charge in [-0.3, -0.25) is 4.79 Å². The number of aliphatic hydroxyl groups is 1. The molecule has 1 amide bonds. The maximum absolute atomic E-state index is 12.2. The fourth-order valence-electron chi connectivity index (χ4n) is 3.73. The van der Waals surface area contributed by atoms with Gasteiger partial charge in [-0.1, -0.05) is 13.0 Å². The minimum absolute atomic E-state index is 0.00132. The van der Waals surface area contributed by atoms with E-state index in [0.717, 1.165) is 17.1 Å². The number of thiol groups is 1. The zero-order chi connectivity index (χ0) is 18.9. The topological polar surface area (TPSA) is 59.0 Å². The molecule has 1 N–H and O–H groups in total. The Hall–Kier alpha value is -1.40. The van der Waals surface area contributed by atoms with Gasteiger partial charge < -0.3 is 19.5 Å². The largest absolute Gasteiger partial charge is 0.493 e. The second-order valence-corrected chi connectivity index (χ2v) is 8.15. The Balaban J connectivity index is 1.89. The number of carbonyl (C=O) groups is 1. The SMILES string of the molecule is COc1ccc(C2CN(C(=O)CS)CC2(C)C(C)O)cc1OCC1CC1. The van der Waals surface area contributed by atoms with Crippen LogP contribution in [-0.2, 0) is 4.79 Å². The molecule has 6 heteroatoms. The van der Waals surface area contributed by atoms with Crippen molar-refractivity contribution in [3.8, 4) is 11.5 Å². The second-order valence-electron chi connectivity index (χ2n) is 7.83. The van der Waals surface area contributed by atoms with E-state index in [1.165, 1.54) is 12.8 Å². The first-order valence-corrected chi connectivity index (χ1v) is 9.89. The van der Waals surface area contributed by atoms with Gasteiger partial charge >= 0.3 is 0 Å². The van der Waals surface area contributed by atoms with Crippen molar-refractivity contribution >= 4 is 18.5 Å². The van der Waals surface area contributed by atoms with Crippen molar-refractivity contribution in [1.29, 1.82) is 0 Å². The fraction of sp³-hybridized carbons (Fsp3) is 0.650. The summed E-state index contributed by atoms with van der Waals surface area (Å²) < 4.78 is 11.4. The quantitative estimate of drug-likeness (QED) is 0.715. The van der Waals surface area contributed by atoms with Crippen molar-refractivity contribution in [3.05, 3.63) is 23.8 Å². The molecule has 0 bridgehead atoms. The third kappa shape index (κ3) is 3.81. The molecule has 1 heterocycles. The third-order valence-electron chi connectivity index (χ3n) is 5.93. The molecule has 3 rings (SSSR count). The Kier molecular flexibility index (Phi) is 5.72. The number of nitrogens with zero attached hydrogens (tertiary/aromatic N) is 1. The number of ether oxygens (including phenoxy) is 2. The summed E-state index contributed by atoms with van der Waals surface area (Å²) >= 11 is 4.12. The summed E-state index contributed by atoms with van der Waals surface area (Å²) in [5.41, 5.74) is 0.649. The summed E-state index contributed by atoms with van der Waals surface area (Å²) in [6.07, 6.45) is 1.92. The van der Waals surface area contributed by atoms with E-state index in [9.17, 15) is 9.90 Å². The van der Waals surface area contributed by atoms with Crippen molar-refractivity contribution in [3.63, 3.8) is 0 Å². The summed E-state index contributed by atoms with van der Waals surface area (Å²) in [7, 11) is 1.64. The van der Waals surface area contributed by atoms with Gasteiger partial charge in [-0.05, 0) is 43.4 Å². The minimum atomic E-state index is -0.539. The number of methoxy groups -OCH3 is 1. The molecule has 0 radical (unpaired) electrons. The smallest absolute Gasteiger partial charge is 0.232 e. The molecule has 3 atom stereocenters. The number of hydrogen-bond donors (Lipinski definition) is 2. The van der Waals surface area contributed by atoms with Crippen LogP contribution in [-0.4, -0.2) is 54.6 Å². The van der Waals surface area contributed by atoms with Crippen LogP contribution in [0.15, 0.2) is 18.2 Å². The molecule has 144 valence electrons. The number of amides is 1. The second kappa shape index (κ2) is 7.69. The molecule has 1 aromatic carbocycles. The highest BCUT2D eigenvalue weighted by Crippen LogP contribution is 2.47. The number of carbonyl (C=O) groups excluding carboxylic acids is 1. The Morgan fingerprint density at radius 3 is 2.73 bits per heavy atom. The lowest BCUT2D eigenvalue weighted by atomic mass is 9.72. The predicted molar refractivity (Wildman–Crippen MR) is 104 cm³/mol. The van der Waals surface area contributed by atoms with Crippen molar-refractivity contribution in [1.82, 2.24) is 4.90 Å². The number of aliphatic hydroxyl groups excluding tert-OH is 1. The molecule has 1 aliphatic carbocycles. The molecular formula is C20H29NO4S. The van der Waals surface area contributed by atoms with E-state index < -0.39 is 11.5 Å². The van der Waals surface area contributed by atoms with Crippen molar-refractivity contribution in [2.24, 2.45) is 11.3 Å². The standard InChI is InChI=1S/C20H29NO4S/c1-13(22)20(2)12-21(19(23)11-26)9-16(20)15-6-7-17(24-3)18(8-15)25-10-14-4-5-14/h6-8,13-14,16,22,26H,4-5,9-12H2,1-3H3. The molecule has 0 spiro atoms. The van der Waals surface area contributed by atoms with E-state index in [0.29, 0.717) is 25.6 Å². The maximum atomic E-state index is 12.2. The molecule has 5 nitrogen and oxygen atoms in total. The highest BCUT2D eigenvalue weighted by atomic mass is 32.1. The van der Waals surface area contributed by atoms with Gasteiger partial charge in [0.15, 0.2) is 11.5 Å². The van der Waals surface area contributed by atoms with E-state index in [2.05, 4.69) is 12.6 Å². The third-order valence-corrected chi connectivity index (χ3v) is 6.20. The molecule has 2 fully saturated rings. The predicted octanol–water partition coefficient (Wildman–Crippen LogP) is 2.73. The molecule has 3 unspecified atom stereocenters. The van der Waals surface area contributed by atoms with Crippen LogP contribution in [0.1, 0.15) is 38.2 Å². The van der Waals surface area contributed by atoms with Crippen molar-refractivity contribution in [2.45, 2.75) is 38.7 Å². The molecular weight excluding hydrogens is 350 g/mol. The van der Waals surface area contributed by atoms with Crippen molar-refractivity contribution < 1.29 is 19.4 Å². The lowest BCUT2D eigenvalue weighted by Crippen LogP contribution is -2.38. The summed E-state index contributed by atoms with van der Waals surface area (Å²) in [5, 5.41) is 10.5. The maximum Gasteiger partial charge on any atom is 0.232 e. The van der Waals surface area contributed by atoms with Crippen LogP contribution >= 0.6 is 12.6 Å². The molecule has 0 aromatic heterocycles. The van der Waals surface area contributed by atoms with Gasteiger partial charge in [0, 0.05) is 24.4 Å². The summed E-state index contributed by atoms with van der Waals surface area (Å²) in [6, 6.07) is 5.95. The number of benzene rings is 1. The average Bonchev–Trinajstić information content (AvgIpc) is 3.40. The van der Waals surface area contributed by atoms with Crippen LogP contribution in [0.25, 0.3) is 0 Å². The monoisotopic (exact) mass is 379 g/mol. The zero-order valence-corrected chi connectivity index (χ0v) is 16.7. The van der Waals surface area contributed by atoms with Crippen LogP contribution in [0, 0.1) is 11.3 Å². The normalized spacial score (nSPS) is 26.7. The lowest BCUT2D eigenvalue weighted by molar-refractivity contribution is -0.127. The van der Waals surface area contributed by atoms with E-state index in [-0.39, 0.29) is 17.6 Å². The number of hydrogen-bond acceptors (Lipinski definition) is 5. The zero-order valence-electron chi connectivity index (χ0n) is 15.8. The van der Waals surface area contributed by atoms with Gasteiger partial charge in [0.25, 0.3) is 0 Å². The molecule has 1 saturated heterocycles. The Labute approximate surface area is 161 Å². The molecule has 2 aliphatic rings. The Bertz CT molecular complexity index is 661. The first-order chi connectivity index (χ1) is 12.4. The highest BCUT2D eigenvalue weighted by molar-refractivity contribution is 7.81. The van der Waals surface area contributed by atoms with E-state index >= 15 is 0 Å². The van der Waals surface area contributed by atoms with E-state index in [1.54, 1.807) is 18.9 Å². The van der Waals surface area contributed by atoms with Gasteiger partial charge in [-0.15, -0.1) is 0 Å². The van der Waals surface area contributed by atoms with Crippen LogP contribution in [0.3, 0.4) is 0 Å². The van der Waals surface area contributed by atoms with Crippen LogP contribution < -0.4 is 9.47 Å². The first kappa shape index (κ1) is 19.4. The van der Waals surface area contributed by atoms with E-state index in [4.69, 9.17) is 9.47 Å². The van der Waals surface area contributed by atoms with Crippen LogP contribution in [0.2, 0.25) is 0 Å². The van der Waals surface area contributed by atoms with E-state index in [1.807, 2.05) is 25.1 Å². The minimum Gasteiger partial charge on any atom is -0.493 e. The fourth-order valence-corrected chi connectivity index (χ4v) is 3.93. The Morgan fingerprint density at radius 1 is 1.42 bits per heavy atom. The van der Waals surface area contributed by atoms with Gasteiger partial charge in [0.1, 0.15) is 0 Å². The molecule has 1 aliphatic heterocycles. The van der Waals surface area contributed by atoms with Gasteiger partial charge in [-0.25, -0.2) is 0 Å². The molecule has 1 aromatic rings. The highest BCUT2D eigenvalue weighted by Gasteiger charge is 2.48. The lowest BCUT2D eigenvalue weighted by Gasteiger charge is -2.33. The number of rotatable bonds is 7. The number of likely N-dealkylation sites (tertiary alicyclic amines) is 1. The summed E-state index contributed by atoms with van der Waals surface area (Å²) in [5.74, 6) is 2.32. The average molecular weight is 380 g/mol. The first-order valence-electron chi connectivity index (χ1n) is 9.26. The van der Waals surface area contributed by atoms with Gasteiger partial charge in [0.2, 0.25) is 5.91 Å². The van der Waals surface area contributed by atoms with Crippen molar-refractivity contribution in [2.75, 3.05) is 32.6 Å². The van der Waals surface area contributed by atoms with Gasteiger partial charge in [-0.2, -0.15) is 12.6 Å². The van der Waals surface area contributed by atoms with Gasteiger partial charge in [0.05, 0.1) is 25.6 Å². The molecule has 26 heavy (non-hydrogen) atoms. The van der Waals surface area contributed by atoms with Crippen LogP contribution in [0.4, 0.5) is 0 Å². The summed E-state index contributed by atoms with van der Waals surface area (Å²) in [4.78, 5) is 14.0.